The molecule has 0 unspecified atom stereocenters. The highest BCUT2D eigenvalue weighted by molar-refractivity contribution is 5.51. The van der Waals surface area contributed by atoms with Crippen LogP contribution in [0.1, 0.15) is 16.7 Å². The standard InChI is InChI=1S/C15H14F3NO/c16-15(17,18)13-7-5-11(6-8-13)9-19-14-4-2-1-3-12(14)10-20/h1-8,19-20H,9-10H2. The van der Waals surface area contributed by atoms with Gasteiger partial charge in [0, 0.05) is 17.8 Å². The van der Waals surface area contributed by atoms with Crippen LogP contribution < -0.4 is 5.32 Å². The van der Waals surface area contributed by atoms with Gasteiger partial charge in [-0.3, -0.25) is 0 Å². The molecule has 0 amide bonds. The van der Waals surface area contributed by atoms with Crippen molar-refractivity contribution in [3.05, 3.63) is 65.2 Å². The largest absolute Gasteiger partial charge is 0.416 e. The summed E-state index contributed by atoms with van der Waals surface area (Å²) < 4.78 is 37.3. The van der Waals surface area contributed by atoms with Crippen LogP contribution in [-0.4, -0.2) is 5.11 Å². The quantitative estimate of drug-likeness (QED) is 0.893. The van der Waals surface area contributed by atoms with Crippen molar-refractivity contribution in [1.29, 1.82) is 0 Å². The SMILES string of the molecule is OCc1ccccc1NCc1ccc(C(F)(F)F)cc1. The van der Waals surface area contributed by atoms with Crippen LogP contribution in [0.4, 0.5) is 18.9 Å². The van der Waals surface area contributed by atoms with E-state index in [1.165, 1.54) is 12.1 Å². The maximum absolute atomic E-state index is 12.4. The lowest BCUT2D eigenvalue weighted by atomic mass is 10.1. The molecular formula is C15H14F3NO. The van der Waals surface area contributed by atoms with Gasteiger partial charge in [-0.15, -0.1) is 0 Å². The van der Waals surface area contributed by atoms with E-state index >= 15 is 0 Å². The summed E-state index contributed by atoms with van der Waals surface area (Å²) in [6.45, 7) is 0.311. The molecule has 5 heteroatoms. The maximum Gasteiger partial charge on any atom is 0.416 e. The van der Waals surface area contributed by atoms with Crippen LogP contribution in [0.25, 0.3) is 0 Å². The molecule has 0 radical (unpaired) electrons. The molecule has 0 atom stereocenters. The molecule has 2 aromatic rings. The number of halogens is 3. The van der Waals surface area contributed by atoms with Crippen molar-refractivity contribution in [2.45, 2.75) is 19.3 Å². The number of para-hydroxylation sites is 1. The number of benzene rings is 2. The maximum atomic E-state index is 12.4. The minimum atomic E-state index is -4.31. The van der Waals surface area contributed by atoms with Gasteiger partial charge in [-0.25, -0.2) is 0 Å². The molecule has 0 fully saturated rings. The number of aliphatic hydroxyl groups is 1. The summed E-state index contributed by atoms with van der Waals surface area (Å²) in [5.41, 5.74) is 1.61. The predicted octanol–water partition coefficient (Wildman–Crippen LogP) is 3.81. The second kappa shape index (κ2) is 5.96. The molecule has 20 heavy (non-hydrogen) atoms. The van der Waals surface area contributed by atoms with Crippen molar-refractivity contribution in [3.8, 4) is 0 Å². The molecular weight excluding hydrogens is 267 g/mol. The normalized spacial score (nSPS) is 11.4. The van der Waals surface area contributed by atoms with Crippen molar-refractivity contribution in [1.82, 2.24) is 0 Å². The molecule has 0 spiro atoms. The summed E-state index contributed by atoms with van der Waals surface area (Å²) in [4.78, 5) is 0. The minimum absolute atomic E-state index is 0.0871. The van der Waals surface area contributed by atoms with Gasteiger partial charge >= 0.3 is 6.18 Å². The van der Waals surface area contributed by atoms with Crippen molar-refractivity contribution >= 4 is 5.69 Å². The smallest absolute Gasteiger partial charge is 0.392 e. The lowest BCUT2D eigenvalue weighted by Crippen LogP contribution is -2.06. The molecule has 0 heterocycles. The van der Waals surface area contributed by atoms with E-state index in [-0.39, 0.29) is 6.61 Å². The minimum Gasteiger partial charge on any atom is -0.392 e. The Hall–Kier alpha value is -2.01. The first-order valence-corrected chi connectivity index (χ1v) is 6.09. The number of aliphatic hydroxyl groups excluding tert-OH is 1. The van der Waals surface area contributed by atoms with E-state index in [0.717, 1.165) is 28.9 Å². The summed E-state index contributed by atoms with van der Waals surface area (Å²) in [5.74, 6) is 0. The number of hydrogen-bond donors (Lipinski definition) is 2. The van der Waals surface area contributed by atoms with Crippen LogP contribution in [0, 0.1) is 0 Å². The first-order valence-electron chi connectivity index (χ1n) is 6.09. The van der Waals surface area contributed by atoms with E-state index in [1.54, 1.807) is 6.07 Å². The molecule has 0 aromatic heterocycles. The third-order valence-corrected chi connectivity index (χ3v) is 2.95. The first-order chi connectivity index (χ1) is 9.50. The van der Waals surface area contributed by atoms with E-state index in [9.17, 15) is 18.3 Å². The van der Waals surface area contributed by atoms with Gasteiger partial charge < -0.3 is 10.4 Å². The zero-order chi connectivity index (χ0) is 14.6. The van der Waals surface area contributed by atoms with Crippen LogP contribution in [0.2, 0.25) is 0 Å². The van der Waals surface area contributed by atoms with Gasteiger partial charge in [0.05, 0.1) is 12.2 Å². The Morgan fingerprint density at radius 3 is 2.20 bits per heavy atom. The number of alkyl halides is 3. The Morgan fingerprint density at radius 2 is 1.60 bits per heavy atom. The molecule has 0 aliphatic rings. The van der Waals surface area contributed by atoms with Crippen LogP contribution in [0.5, 0.6) is 0 Å². The fourth-order valence-electron chi connectivity index (χ4n) is 1.84. The van der Waals surface area contributed by atoms with Gasteiger partial charge in [-0.2, -0.15) is 13.2 Å². The summed E-state index contributed by atoms with van der Waals surface area (Å²) in [6.07, 6.45) is -4.31. The van der Waals surface area contributed by atoms with Crippen molar-refractivity contribution in [2.75, 3.05) is 5.32 Å². The predicted molar refractivity (Wildman–Crippen MR) is 71.1 cm³/mol. The van der Waals surface area contributed by atoms with Crippen molar-refractivity contribution in [3.63, 3.8) is 0 Å². The highest BCUT2D eigenvalue weighted by atomic mass is 19.4. The number of rotatable bonds is 4. The van der Waals surface area contributed by atoms with Crippen LogP contribution in [-0.2, 0) is 19.3 Å². The molecule has 0 aliphatic carbocycles. The second-order valence-electron chi connectivity index (χ2n) is 4.36. The molecule has 106 valence electrons. The van der Waals surface area contributed by atoms with Crippen LogP contribution >= 0.6 is 0 Å². The summed E-state index contributed by atoms with van der Waals surface area (Å²) in [7, 11) is 0. The second-order valence-corrected chi connectivity index (χ2v) is 4.36. The molecule has 2 nitrogen and oxygen atoms in total. The Labute approximate surface area is 114 Å². The zero-order valence-corrected chi connectivity index (χ0v) is 10.6. The van der Waals surface area contributed by atoms with Gasteiger partial charge in [0.1, 0.15) is 0 Å². The lowest BCUT2D eigenvalue weighted by molar-refractivity contribution is -0.137. The highest BCUT2D eigenvalue weighted by Gasteiger charge is 2.29. The summed E-state index contributed by atoms with van der Waals surface area (Å²) in [5, 5.41) is 12.3. The third kappa shape index (κ3) is 3.51. The molecule has 2 aromatic carbocycles. The van der Waals surface area contributed by atoms with Crippen molar-refractivity contribution < 1.29 is 18.3 Å². The molecule has 2 rings (SSSR count). The zero-order valence-electron chi connectivity index (χ0n) is 10.6. The monoisotopic (exact) mass is 281 g/mol. The Kier molecular flexibility index (Phi) is 4.29. The highest BCUT2D eigenvalue weighted by Crippen LogP contribution is 2.29. The van der Waals surface area contributed by atoms with Gasteiger partial charge in [0.15, 0.2) is 0 Å². The summed E-state index contributed by atoms with van der Waals surface area (Å²) in [6, 6.07) is 12.3. The molecule has 0 saturated heterocycles. The van der Waals surface area contributed by atoms with E-state index < -0.39 is 11.7 Å². The van der Waals surface area contributed by atoms with Crippen molar-refractivity contribution in [2.24, 2.45) is 0 Å². The van der Waals surface area contributed by atoms with Crippen LogP contribution in [0.15, 0.2) is 48.5 Å². The van der Waals surface area contributed by atoms with E-state index in [1.807, 2.05) is 18.2 Å². The average Bonchev–Trinajstić information content (AvgIpc) is 2.45. The Morgan fingerprint density at radius 1 is 0.950 bits per heavy atom. The molecule has 0 bridgehead atoms. The fourth-order valence-corrected chi connectivity index (χ4v) is 1.84. The number of hydrogen-bond acceptors (Lipinski definition) is 2. The Balaban J connectivity index is 2.04. The molecule has 2 N–H and O–H groups in total. The van der Waals surface area contributed by atoms with Gasteiger partial charge in [0.2, 0.25) is 0 Å². The topological polar surface area (TPSA) is 32.3 Å². The lowest BCUT2D eigenvalue weighted by Gasteiger charge is -2.11. The van der Waals surface area contributed by atoms with E-state index in [2.05, 4.69) is 5.32 Å². The summed E-state index contributed by atoms with van der Waals surface area (Å²) >= 11 is 0. The third-order valence-electron chi connectivity index (χ3n) is 2.95. The van der Waals surface area contributed by atoms with Crippen LogP contribution in [0.3, 0.4) is 0 Å². The Bertz CT molecular complexity index is 564. The molecule has 0 saturated carbocycles. The van der Waals surface area contributed by atoms with Gasteiger partial charge in [0.25, 0.3) is 0 Å². The average molecular weight is 281 g/mol. The fraction of sp³-hybridized carbons (Fsp3) is 0.200. The molecule has 0 aliphatic heterocycles. The van der Waals surface area contributed by atoms with E-state index in [0.29, 0.717) is 6.54 Å². The van der Waals surface area contributed by atoms with Gasteiger partial charge in [-0.1, -0.05) is 30.3 Å². The van der Waals surface area contributed by atoms with Gasteiger partial charge in [-0.05, 0) is 23.8 Å². The van der Waals surface area contributed by atoms with E-state index in [4.69, 9.17) is 0 Å². The number of anilines is 1. The first kappa shape index (κ1) is 14.4. The number of nitrogens with one attached hydrogen (secondary N) is 1.